The van der Waals surface area contributed by atoms with Crippen LogP contribution in [0.5, 0.6) is 5.75 Å². The number of hydrogen-bond donors (Lipinski definition) is 1. The minimum absolute atomic E-state index is 0.214. The van der Waals surface area contributed by atoms with Crippen LogP contribution in [-0.4, -0.2) is 39.5 Å². The molecule has 1 N–H and O–H groups in total. The highest BCUT2D eigenvalue weighted by Crippen LogP contribution is 2.28. The normalized spacial score (nSPS) is 16.2. The molecule has 0 aliphatic carbocycles. The number of nitrogens with zero attached hydrogens (tertiary/aromatic N) is 2. The number of ether oxygens (including phenoxy) is 1. The van der Waals surface area contributed by atoms with Crippen LogP contribution in [0.2, 0.25) is 0 Å². The van der Waals surface area contributed by atoms with E-state index in [2.05, 4.69) is 31.8 Å². The van der Waals surface area contributed by atoms with Gasteiger partial charge in [0, 0.05) is 25.5 Å². The summed E-state index contributed by atoms with van der Waals surface area (Å²) in [6.07, 6.45) is 12.3. The SMILES string of the molecule is C/C=C/C=C/C(=O)N1Cc2cc(OCCc3nc(/C=C/CC(C)(C)C)oc3C)ccc2C[C@H]1C(=O)O. The van der Waals surface area contributed by atoms with Crippen LogP contribution in [0.25, 0.3) is 6.08 Å². The summed E-state index contributed by atoms with van der Waals surface area (Å²) in [7, 11) is 0. The van der Waals surface area contributed by atoms with E-state index >= 15 is 0 Å². The van der Waals surface area contributed by atoms with Crippen molar-refractivity contribution in [3.63, 3.8) is 0 Å². The molecule has 36 heavy (non-hydrogen) atoms. The molecule has 2 aromatic rings. The molecule has 0 radical (unpaired) electrons. The van der Waals surface area contributed by atoms with Crippen LogP contribution in [0.3, 0.4) is 0 Å². The summed E-state index contributed by atoms with van der Waals surface area (Å²) in [5.74, 6) is 0.711. The molecule has 0 spiro atoms. The zero-order chi connectivity index (χ0) is 26.3. The molecule has 1 aliphatic rings. The first kappa shape index (κ1) is 27.0. The van der Waals surface area contributed by atoms with Gasteiger partial charge in [-0.05, 0) is 55.0 Å². The molecule has 7 heteroatoms. The summed E-state index contributed by atoms with van der Waals surface area (Å²) in [6, 6.07) is 4.73. The van der Waals surface area contributed by atoms with Crippen molar-refractivity contribution in [2.75, 3.05) is 6.61 Å². The van der Waals surface area contributed by atoms with Crippen molar-refractivity contribution in [1.82, 2.24) is 9.88 Å². The monoisotopic (exact) mass is 492 g/mol. The van der Waals surface area contributed by atoms with Gasteiger partial charge in [-0.15, -0.1) is 0 Å². The van der Waals surface area contributed by atoms with Crippen molar-refractivity contribution in [2.24, 2.45) is 5.41 Å². The van der Waals surface area contributed by atoms with Gasteiger partial charge in [-0.3, -0.25) is 4.79 Å². The van der Waals surface area contributed by atoms with Gasteiger partial charge in [-0.2, -0.15) is 0 Å². The maximum absolute atomic E-state index is 12.7. The number of carbonyl (C=O) groups is 2. The lowest BCUT2D eigenvalue weighted by Crippen LogP contribution is -2.48. The second kappa shape index (κ2) is 11.9. The average molecular weight is 493 g/mol. The summed E-state index contributed by atoms with van der Waals surface area (Å²) in [4.78, 5) is 30.4. The quantitative estimate of drug-likeness (QED) is 0.366. The van der Waals surface area contributed by atoms with Crippen molar-refractivity contribution in [2.45, 2.75) is 66.5 Å². The summed E-state index contributed by atoms with van der Waals surface area (Å²) >= 11 is 0. The highest BCUT2D eigenvalue weighted by atomic mass is 16.5. The van der Waals surface area contributed by atoms with E-state index in [4.69, 9.17) is 9.15 Å². The van der Waals surface area contributed by atoms with Gasteiger partial charge in [-0.1, -0.05) is 51.1 Å². The molecule has 1 aliphatic heterocycles. The van der Waals surface area contributed by atoms with Crippen molar-refractivity contribution in [1.29, 1.82) is 0 Å². The summed E-state index contributed by atoms with van der Waals surface area (Å²) < 4.78 is 11.7. The maximum atomic E-state index is 12.7. The topological polar surface area (TPSA) is 92.9 Å². The fraction of sp³-hybridized carbons (Fsp3) is 0.414. The number of fused-ring (bicyclic) bond motifs is 1. The number of carbonyl (C=O) groups excluding carboxylic acids is 1. The highest BCUT2D eigenvalue weighted by Gasteiger charge is 2.33. The highest BCUT2D eigenvalue weighted by molar-refractivity contribution is 5.92. The Morgan fingerprint density at radius 3 is 2.72 bits per heavy atom. The van der Waals surface area contributed by atoms with Crippen molar-refractivity contribution in [3.8, 4) is 5.75 Å². The third-order valence-corrected chi connectivity index (χ3v) is 5.93. The number of carboxylic acid groups (broad SMARTS) is 1. The van der Waals surface area contributed by atoms with Crippen LogP contribution in [0.4, 0.5) is 0 Å². The van der Waals surface area contributed by atoms with E-state index in [1.165, 1.54) is 11.0 Å². The molecule has 0 saturated carbocycles. The van der Waals surface area contributed by atoms with Gasteiger partial charge in [0.05, 0.1) is 12.3 Å². The van der Waals surface area contributed by atoms with Crippen molar-refractivity contribution < 1.29 is 23.8 Å². The van der Waals surface area contributed by atoms with Crippen LogP contribution >= 0.6 is 0 Å². The van der Waals surface area contributed by atoms with Gasteiger partial charge in [0.2, 0.25) is 11.8 Å². The number of aromatic nitrogens is 1. The first-order chi connectivity index (χ1) is 17.1. The van der Waals surface area contributed by atoms with E-state index in [1.54, 1.807) is 18.2 Å². The van der Waals surface area contributed by atoms with Crippen LogP contribution < -0.4 is 4.74 Å². The van der Waals surface area contributed by atoms with Gasteiger partial charge in [-0.25, -0.2) is 9.78 Å². The lowest BCUT2D eigenvalue weighted by Gasteiger charge is -2.34. The van der Waals surface area contributed by atoms with E-state index in [0.717, 1.165) is 29.0 Å². The second-order valence-corrected chi connectivity index (χ2v) is 10.2. The fourth-order valence-corrected chi connectivity index (χ4v) is 3.98. The molecular weight excluding hydrogens is 456 g/mol. The largest absolute Gasteiger partial charge is 0.493 e. The lowest BCUT2D eigenvalue weighted by molar-refractivity contribution is -0.149. The molecule has 0 bridgehead atoms. The smallest absolute Gasteiger partial charge is 0.326 e. The Labute approximate surface area is 213 Å². The minimum Gasteiger partial charge on any atom is -0.493 e. The first-order valence-electron chi connectivity index (χ1n) is 12.3. The molecule has 2 heterocycles. The summed E-state index contributed by atoms with van der Waals surface area (Å²) in [5, 5.41) is 9.67. The first-order valence-corrected chi connectivity index (χ1v) is 12.3. The van der Waals surface area contributed by atoms with E-state index < -0.39 is 12.0 Å². The van der Waals surface area contributed by atoms with Crippen molar-refractivity contribution in [3.05, 3.63) is 77.1 Å². The third kappa shape index (κ3) is 7.44. The van der Waals surface area contributed by atoms with Gasteiger partial charge in [0.15, 0.2) is 0 Å². The zero-order valence-electron chi connectivity index (χ0n) is 21.8. The van der Waals surface area contributed by atoms with Gasteiger partial charge >= 0.3 is 5.97 Å². The Balaban J connectivity index is 1.64. The Bertz CT molecular complexity index is 1170. The van der Waals surface area contributed by atoms with Gasteiger partial charge in [0.25, 0.3) is 0 Å². The fourth-order valence-electron chi connectivity index (χ4n) is 3.98. The molecule has 1 amide bonds. The molecular formula is C29H36N2O5. The number of allylic oxidation sites excluding steroid dienone is 4. The van der Waals surface area contributed by atoms with Crippen molar-refractivity contribution >= 4 is 18.0 Å². The van der Waals surface area contributed by atoms with Gasteiger partial charge in [0.1, 0.15) is 17.6 Å². The predicted molar refractivity (Wildman–Crippen MR) is 140 cm³/mol. The molecule has 7 nitrogen and oxygen atoms in total. The van der Waals surface area contributed by atoms with Crippen LogP contribution in [0.15, 0.2) is 53.0 Å². The summed E-state index contributed by atoms with van der Waals surface area (Å²) in [6.45, 7) is 10.9. The third-order valence-electron chi connectivity index (χ3n) is 5.93. The molecule has 0 saturated heterocycles. The summed E-state index contributed by atoms with van der Waals surface area (Å²) in [5.41, 5.74) is 2.88. The van der Waals surface area contributed by atoms with Crippen LogP contribution in [-0.2, 0) is 29.0 Å². The standard InChI is InChI=1S/C29H36N2O5/c1-6-7-8-11-27(32)31-19-22-17-23(13-12-21(22)18-25(31)28(33)34)35-16-14-24-20(2)36-26(30-24)10-9-15-29(3,4)5/h6-13,17,25H,14-16,18-19H2,1-5H3,(H,33,34)/b7-6+,10-9+,11-8+/t25-/m0/s1. The van der Waals surface area contributed by atoms with E-state index in [-0.39, 0.29) is 24.3 Å². The average Bonchev–Trinajstić information content (AvgIpc) is 3.16. The molecule has 0 fully saturated rings. The van der Waals surface area contributed by atoms with E-state index in [0.29, 0.717) is 24.7 Å². The molecule has 1 aromatic carbocycles. The van der Waals surface area contributed by atoms with Crippen LogP contribution in [0.1, 0.15) is 62.6 Å². The number of aryl methyl sites for hydroxylation is 1. The second-order valence-electron chi connectivity index (χ2n) is 10.2. The number of aliphatic carboxylic acids is 1. The van der Waals surface area contributed by atoms with E-state index in [1.807, 2.05) is 38.1 Å². The van der Waals surface area contributed by atoms with Crippen LogP contribution in [0, 0.1) is 12.3 Å². The predicted octanol–water partition coefficient (Wildman–Crippen LogP) is 5.52. The zero-order valence-corrected chi connectivity index (χ0v) is 21.8. The molecule has 0 unspecified atom stereocenters. The number of benzene rings is 1. The Morgan fingerprint density at radius 1 is 1.25 bits per heavy atom. The molecule has 1 aromatic heterocycles. The Kier molecular flexibility index (Phi) is 8.91. The number of rotatable bonds is 9. The Morgan fingerprint density at radius 2 is 2.03 bits per heavy atom. The molecule has 3 rings (SSSR count). The number of oxazole rings is 1. The maximum Gasteiger partial charge on any atom is 0.326 e. The lowest BCUT2D eigenvalue weighted by atomic mass is 9.92. The number of carboxylic acids is 1. The minimum atomic E-state index is -1.01. The molecule has 192 valence electrons. The molecule has 1 atom stereocenters. The number of amides is 1. The van der Waals surface area contributed by atoms with E-state index in [9.17, 15) is 14.7 Å². The Hall–Kier alpha value is -3.61. The number of hydrogen-bond acceptors (Lipinski definition) is 5. The van der Waals surface area contributed by atoms with Gasteiger partial charge < -0.3 is 19.2 Å².